The molecule has 0 aromatic carbocycles. The van der Waals surface area contributed by atoms with Crippen molar-refractivity contribution in [3.05, 3.63) is 6.92 Å². The van der Waals surface area contributed by atoms with Crippen molar-refractivity contribution < 1.29 is 4.79 Å². The summed E-state index contributed by atoms with van der Waals surface area (Å²) in [5.74, 6) is 0.197. The molecule has 0 spiro atoms. The number of carbonyl (C=O) groups is 1. The molecule has 69 valence electrons. The molecule has 1 amide bonds. The summed E-state index contributed by atoms with van der Waals surface area (Å²) in [6.45, 7) is 7.95. The van der Waals surface area contributed by atoms with Gasteiger partial charge in [0, 0.05) is 26.1 Å². The van der Waals surface area contributed by atoms with E-state index in [1.54, 1.807) is 6.92 Å². The van der Waals surface area contributed by atoms with Gasteiger partial charge < -0.3 is 10.2 Å². The summed E-state index contributed by atoms with van der Waals surface area (Å²) in [6.07, 6.45) is 2.13. The third-order valence-electron chi connectivity index (χ3n) is 2.37. The predicted octanol–water partition coefficient (Wildman–Crippen LogP) is 0.421. The summed E-state index contributed by atoms with van der Waals surface area (Å²) in [4.78, 5) is 12.9. The van der Waals surface area contributed by atoms with E-state index >= 15 is 0 Å². The van der Waals surface area contributed by atoms with Gasteiger partial charge in [-0.3, -0.25) is 4.79 Å². The maximum atomic E-state index is 11.0. The second kappa shape index (κ2) is 4.45. The summed E-state index contributed by atoms with van der Waals surface area (Å²) < 4.78 is 0. The number of piperidine rings is 1. The Labute approximate surface area is 74.1 Å². The third kappa shape index (κ3) is 2.48. The highest BCUT2D eigenvalue weighted by molar-refractivity contribution is 5.73. The normalized spacial score (nSPS) is 19.7. The van der Waals surface area contributed by atoms with Gasteiger partial charge in [0.1, 0.15) is 0 Å². The Hall–Kier alpha value is -0.570. The van der Waals surface area contributed by atoms with E-state index in [1.807, 2.05) is 4.90 Å². The van der Waals surface area contributed by atoms with Crippen LogP contribution < -0.4 is 5.32 Å². The molecular weight excluding hydrogens is 152 g/mol. The number of likely N-dealkylation sites (tertiary alicyclic amines) is 1. The number of carbonyl (C=O) groups excluding carboxylic acids is 1. The largest absolute Gasteiger partial charge is 0.343 e. The molecule has 1 aliphatic heterocycles. The molecule has 3 heteroatoms. The first-order valence-corrected chi connectivity index (χ1v) is 4.52. The minimum absolute atomic E-state index is 0.197. The molecule has 1 rings (SSSR count). The number of amides is 1. The first-order valence-electron chi connectivity index (χ1n) is 4.52. The molecule has 0 saturated carbocycles. The first-order chi connectivity index (χ1) is 5.74. The third-order valence-corrected chi connectivity index (χ3v) is 2.37. The lowest BCUT2D eigenvalue weighted by molar-refractivity contribution is -0.129. The molecule has 12 heavy (non-hydrogen) atoms. The van der Waals surface area contributed by atoms with Crippen LogP contribution in [0.1, 0.15) is 19.8 Å². The van der Waals surface area contributed by atoms with E-state index in [9.17, 15) is 4.79 Å². The summed E-state index contributed by atoms with van der Waals surface area (Å²) in [5.41, 5.74) is 0. The molecule has 1 fully saturated rings. The lowest BCUT2D eigenvalue weighted by atomic mass is 10.1. The molecule has 1 radical (unpaired) electrons. The number of nitrogens with one attached hydrogen (secondary N) is 1. The minimum Gasteiger partial charge on any atom is -0.343 e. The molecule has 1 aliphatic rings. The van der Waals surface area contributed by atoms with E-state index in [4.69, 9.17) is 0 Å². The monoisotopic (exact) mass is 169 g/mol. The topological polar surface area (TPSA) is 32.3 Å². The van der Waals surface area contributed by atoms with Crippen LogP contribution in [0.25, 0.3) is 0 Å². The zero-order valence-corrected chi connectivity index (χ0v) is 7.68. The standard InChI is InChI=1S/C9H17N2O/c1-3-10-9-4-6-11(7-5-9)8(2)12/h9-10H,1,3-7H2,2H3. The lowest BCUT2D eigenvalue weighted by Gasteiger charge is -2.31. The highest BCUT2D eigenvalue weighted by atomic mass is 16.2. The summed E-state index contributed by atoms with van der Waals surface area (Å²) >= 11 is 0. The molecule has 3 nitrogen and oxygen atoms in total. The van der Waals surface area contributed by atoms with Crippen LogP contribution in [0.4, 0.5) is 0 Å². The van der Waals surface area contributed by atoms with Crippen LogP contribution in [0.5, 0.6) is 0 Å². The van der Waals surface area contributed by atoms with Gasteiger partial charge in [-0.2, -0.15) is 0 Å². The molecule has 0 atom stereocenters. The smallest absolute Gasteiger partial charge is 0.219 e. The van der Waals surface area contributed by atoms with Crippen LogP contribution in [0.2, 0.25) is 0 Å². The van der Waals surface area contributed by atoms with Gasteiger partial charge in [-0.1, -0.05) is 0 Å². The molecule has 0 bridgehead atoms. The fourth-order valence-electron chi connectivity index (χ4n) is 1.60. The average Bonchev–Trinajstić information content (AvgIpc) is 2.06. The Morgan fingerprint density at radius 1 is 1.58 bits per heavy atom. The van der Waals surface area contributed by atoms with Crippen LogP contribution in [0.3, 0.4) is 0 Å². The van der Waals surface area contributed by atoms with E-state index in [-0.39, 0.29) is 5.91 Å². The maximum absolute atomic E-state index is 11.0. The summed E-state index contributed by atoms with van der Waals surface area (Å²) in [7, 11) is 0. The second-order valence-electron chi connectivity index (χ2n) is 3.23. The van der Waals surface area contributed by atoms with Crippen molar-refractivity contribution in [2.75, 3.05) is 19.6 Å². The van der Waals surface area contributed by atoms with Crippen molar-refractivity contribution in [2.45, 2.75) is 25.8 Å². The minimum atomic E-state index is 0.197. The van der Waals surface area contributed by atoms with Crippen molar-refractivity contribution in [3.63, 3.8) is 0 Å². The van der Waals surface area contributed by atoms with Crippen molar-refractivity contribution in [2.24, 2.45) is 0 Å². The number of hydrogen-bond donors (Lipinski definition) is 1. The fraction of sp³-hybridized carbons (Fsp3) is 0.778. The second-order valence-corrected chi connectivity index (χ2v) is 3.23. The zero-order valence-electron chi connectivity index (χ0n) is 7.68. The highest BCUT2D eigenvalue weighted by Gasteiger charge is 2.19. The van der Waals surface area contributed by atoms with E-state index in [2.05, 4.69) is 12.2 Å². The summed E-state index contributed by atoms with van der Waals surface area (Å²) in [5, 5.41) is 3.29. The summed E-state index contributed by atoms with van der Waals surface area (Å²) in [6, 6.07) is 0.568. The molecule has 0 aliphatic carbocycles. The van der Waals surface area contributed by atoms with Gasteiger partial charge in [-0.25, -0.2) is 0 Å². The van der Waals surface area contributed by atoms with Crippen LogP contribution in [-0.2, 0) is 4.79 Å². The van der Waals surface area contributed by atoms with Crippen molar-refractivity contribution in [1.82, 2.24) is 10.2 Å². The number of hydrogen-bond acceptors (Lipinski definition) is 2. The van der Waals surface area contributed by atoms with E-state index < -0.39 is 0 Å². The fourth-order valence-corrected chi connectivity index (χ4v) is 1.60. The Morgan fingerprint density at radius 3 is 2.58 bits per heavy atom. The molecular formula is C9H17N2O. The van der Waals surface area contributed by atoms with Gasteiger partial charge in [0.15, 0.2) is 0 Å². The lowest BCUT2D eigenvalue weighted by Crippen LogP contribution is -2.44. The Kier molecular flexibility index (Phi) is 3.53. The first kappa shape index (κ1) is 9.52. The quantitative estimate of drug-likeness (QED) is 0.650. The van der Waals surface area contributed by atoms with Gasteiger partial charge in [-0.05, 0) is 26.3 Å². The zero-order chi connectivity index (χ0) is 8.97. The van der Waals surface area contributed by atoms with Crippen molar-refractivity contribution >= 4 is 5.91 Å². The molecule has 0 aromatic rings. The SMILES string of the molecule is [CH2]CNC1CCN(C(C)=O)CC1. The van der Waals surface area contributed by atoms with Crippen LogP contribution in [0.15, 0.2) is 0 Å². The number of nitrogens with zero attached hydrogens (tertiary/aromatic N) is 1. The van der Waals surface area contributed by atoms with E-state index in [0.29, 0.717) is 6.04 Å². The van der Waals surface area contributed by atoms with Gasteiger partial charge >= 0.3 is 0 Å². The van der Waals surface area contributed by atoms with Gasteiger partial charge in [0.05, 0.1) is 0 Å². The van der Waals surface area contributed by atoms with E-state index in [1.165, 1.54) is 0 Å². The Morgan fingerprint density at radius 2 is 2.17 bits per heavy atom. The Balaban J connectivity index is 2.25. The van der Waals surface area contributed by atoms with Gasteiger partial charge in [0.2, 0.25) is 5.91 Å². The average molecular weight is 169 g/mol. The Bertz CT molecular complexity index is 151. The maximum Gasteiger partial charge on any atom is 0.219 e. The molecule has 1 heterocycles. The van der Waals surface area contributed by atoms with Crippen molar-refractivity contribution in [3.8, 4) is 0 Å². The molecule has 1 saturated heterocycles. The highest BCUT2D eigenvalue weighted by Crippen LogP contribution is 2.09. The number of rotatable bonds is 2. The van der Waals surface area contributed by atoms with Crippen LogP contribution >= 0.6 is 0 Å². The van der Waals surface area contributed by atoms with Crippen LogP contribution in [0, 0.1) is 6.92 Å². The van der Waals surface area contributed by atoms with Crippen LogP contribution in [-0.4, -0.2) is 36.5 Å². The van der Waals surface area contributed by atoms with Gasteiger partial charge in [0.25, 0.3) is 0 Å². The molecule has 1 N–H and O–H groups in total. The van der Waals surface area contributed by atoms with E-state index in [0.717, 1.165) is 32.5 Å². The van der Waals surface area contributed by atoms with Gasteiger partial charge in [-0.15, -0.1) is 0 Å². The molecule has 0 aromatic heterocycles. The predicted molar refractivity (Wildman–Crippen MR) is 48.6 cm³/mol. The van der Waals surface area contributed by atoms with Crippen molar-refractivity contribution in [1.29, 1.82) is 0 Å². The molecule has 0 unspecified atom stereocenters.